The summed E-state index contributed by atoms with van der Waals surface area (Å²) in [5.74, 6) is 0.536. The molecule has 0 aliphatic heterocycles. The minimum Gasteiger partial charge on any atom is -0.495 e. The van der Waals surface area contributed by atoms with Crippen molar-refractivity contribution >= 4 is 29.0 Å². The lowest BCUT2D eigenvalue weighted by Crippen LogP contribution is -2.34. The van der Waals surface area contributed by atoms with Gasteiger partial charge in [-0.25, -0.2) is 4.79 Å². The SMILES string of the molecule is CCN(C(=O)Nc1cc(C)c(Cl)cc1OC)c1cccc(C)c1. The van der Waals surface area contributed by atoms with E-state index in [1.54, 1.807) is 18.1 Å². The quantitative estimate of drug-likeness (QED) is 0.853. The number of carbonyl (C=O) groups is 1. The largest absolute Gasteiger partial charge is 0.495 e. The van der Waals surface area contributed by atoms with Gasteiger partial charge in [-0.15, -0.1) is 0 Å². The zero-order valence-corrected chi connectivity index (χ0v) is 14.6. The average Bonchev–Trinajstić information content (AvgIpc) is 2.51. The normalized spacial score (nSPS) is 10.3. The van der Waals surface area contributed by atoms with Crippen LogP contribution in [0.25, 0.3) is 0 Å². The summed E-state index contributed by atoms with van der Waals surface area (Å²) in [6, 6.07) is 11.1. The van der Waals surface area contributed by atoms with Gasteiger partial charge in [0.1, 0.15) is 5.75 Å². The molecule has 0 saturated carbocycles. The van der Waals surface area contributed by atoms with Crippen LogP contribution >= 0.6 is 11.6 Å². The van der Waals surface area contributed by atoms with E-state index in [4.69, 9.17) is 16.3 Å². The van der Waals surface area contributed by atoms with E-state index in [1.807, 2.05) is 51.1 Å². The Labute approximate surface area is 142 Å². The minimum absolute atomic E-state index is 0.210. The third-order valence-corrected chi connectivity index (χ3v) is 4.00. The number of halogens is 1. The zero-order chi connectivity index (χ0) is 17.0. The van der Waals surface area contributed by atoms with Gasteiger partial charge in [0.25, 0.3) is 0 Å². The number of aryl methyl sites for hydroxylation is 2. The Hall–Kier alpha value is -2.20. The summed E-state index contributed by atoms with van der Waals surface area (Å²) in [6.07, 6.45) is 0. The van der Waals surface area contributed by atoms with Crippen LogP contribution in [0.1, 0.15) is 18.1 Å². The van der Waals surface area contributed by atoms with E-state index in [2.05, 4.69) is 5.32 Å². The van der Waals surface area contributed by atoms with Gasteiger partial charge in [0.15, 0.2) is 0 Å². The number of nitrogens with zero attached hydrogens (tertiary/aromatic N) is 1. The van der Waals surface area contributed by atoms with Crippen LogP contribution in [-0.2, 0) is 0 Å². The Kier molecular flexibility index (Phi) is 5.50. The molecule has 23 heavy (non-hydrogen) atoms. The lowest BCUT2D eigenvalue weighted by Gasteiger charge is -2.23. The highest BCUT2D eigenvalue weighted by molar-refractivity contribution is 6.31. The van der Waals surface area contributed by atoms with Crippen LogP contribution in [0.15, 0.2) is 36.4 Å². The van der Waals surface area contributed by atoms with Crippen LogP contribution in [0.2, 0.25) is 5.02 Å². The number of amides is 2. The van der Waals surface area contributed by atoms with Gasteiger partial charge >= 0.3 is 6.03 Å². The summed E-state index contributed by atoms with van der Waals surface area (Å²) in [4.78, 5) is 14.3. The fraction of sp³-hybridized carbons (Fsp3) is 0.278. The molecule has 5 heteroatoms. The lowest BCUT2D eigenvalue weighted by atomic mass is 10.2. The van der Waals surface area contributed by atoms with Gasteiger partial charge in [-0.3, -0.25) is 4.90 Å². The van der Waals surface area contributed by atoms with Gasteiger partial charge in [-0.05, 0) is 50.1 Å². The summed E-state index contributed by atoms with van der Waals surface area (Å²) >= 11 is 6.10. The molecule has 0 aliphatic carbocycles. The molecule has 2 aromatic carbocycles. The maximum Gasteiger partial charge on any atom is 0.326 e. The number of rotatable bonds is 4. The number of hydrogen-bond donors (Lipinski definition) is 1. The van der Waals surface area contributed by atoms with E-state index >= 15 is 0 Å². The van der Waals surface area contributed by atoms with Gasteiger partial charge < -0.3 is 10.1 Å². The highest BCUT2D eigenvalue weighted by Gasteiger charge is 2.16. The molecule has 0 radical (unpaired) electrons. The molecule has 1 N–H and O–H groups in total. The third kappa shape index (κ3) is 3.96. The number of anilines is 2. The molecule has 2 rings (SSSR count). The molecule has 0 bridgehead atoms. The molecule has 122 valence electrons. The lowest BCUT2D eigenvalue weighted by molar-refractivity contribution is 0.257. The van der Waals surface area contributed by atoms with Crippen LogP contribution in [0.4, 0.5) is 16.2 Å². The van der Waals surface area contributed by atoms with E-state index in [0.717, 1.165) is 16.8 Å². The molecule has 0 atom stereocenters. The van der Waals surface area contributed by atoms with E-state index in [9.17, 15) is 4.79 Å². The Morgan fingerprint density at radius 1 is 1.26 bits per heavy atom. The second-order valence-electron chi connectivity index (χ2n) is 5.32. The highest BCUT2D eigenvalue weighted by Crippen LogP contribution is 2.31. The third-order valence-electron chi connectivity index (χ3n) is 3.60. The van der Waals surface area contributed by atoms with E-state index in [-0.39, 0.29) is 6.03 Å². The predicted molar refractivity (Wildman–Crippen MR) is 96.0 cm³/mol. The predicted octanol–water partition coefficient (Wildman–Crippen LogP) is 5.02. The van der Waals surface area contributed by atoms with E-state index in [0.29, 0.717) is 23.0 Å². The molecular formula is C18H21ClN2O2. The van der Waals surface area contributed by atoms with Crippen LogP contribution in [-0.4, -0.2) is 19.7 Å². The molecule has 2 amide bonds. The Bertz CT molecular complexity index is 716. The second-order valence-corrected chi connectivity index (χ2v) is 5.72. The first-order valence-electron chi connectivity index (χ1n) is 7.45. The summed E-state index contributed by atoms with van der Waals surface area (Å²) in [7, 11) is 1.55. The van der Waals surface area contributed by atoms with E-state index < -0.39 is 0 Å². The van der Waals surface area contributed by atoms with Gasteiger partial charge in [0.05, 0.1) is 12.8 Å². The van der Waals surface area contributed by atoms with Crippen LogP contribution in [0.3, 0.4) is 0 Å². The van der Waals surface area contributed by atoms with Crippen molar-refractivity contribution < 1.29 is 9.53 Å². The maximum atomic E-state index is 12.6. The van der Waals surface area contributed by atoms with Crippen LogP contribution in [0, 0.1) is 13.8 Å². The number of urea groups is 1. The van der Waals surface area contributed by atoms with Crippen molar-refractivity contribution in [2.45, 2.75) is 20.8 Å². The van der Waals surface area contributed by atoms with Crippen molar-refractivity contribution in [2.75, 3.05) is 23.9 Å². The molecule has 0 aliphatic rings. The summed E-state index contributed by atoms with van der Waals surface area (Å²) < 4.78 is 5.30. The number of methoxy groups -OCH3 is 1. The molecule has 0 saturated heterocycles. The van der Waals surface area contributed by atoms with E-state index in [1.165, 1.54) is 0 Å². The van der Waals surface area contributed by atoms with Gasteiger partial charge in [-0.2, -0.15) is 0 Å². The molecule has 0 fully saturated rings. The number of benzene rings is 2. The maximum absolute atomic E-state index is 12.6. The molecule has 4 nitrogen and oxygen atoms in total. The van der Waals surface area contributed by atoms with Crippen molar-refractivity contribution in [1.29, 1.82) is 0 Å². The Morgan fingerprint density at radius 2 is 2.00 bits per heavy atom. The standard InChI is InChI=1S/C18H21ClN2O2/c1-5-21(14-8-6-7-12(2)9-14)18(22)20-16-10-13(3)15(19)11-17(16)23-4/h6-11H,5H2,1-4H3,(H,20,22). The minimum atomic E-state index is -0.210. The first-order chi connectivity index (χ1) is 11.0. The highest BCUT2D eigenvalue weighted by atomic mass is 35.5. The second kappa shape index (κ2) is 7.38. The summed E-state index contributed by atoms with van der Waals surface area (Å²) in [5, 5.41) is 3.50. The molecule has 0 aromatic heterocycles. The molecule has 0 spiro atoms. The topological polar surface area (TPSA) is 41.6 Å². The van der Waals surface area contributed by atoms with Gasteiger partial charge in [-0.1, -0.05) is 23.7 Å². The fourth-order valence-electron chi connectivity index (χ4n) is 2.35. The zero-order valence-electron chi connectivity index (χ0n) is 13.8. The summed E-state index contributed by atoms with van der Waals surface area (Å²) in [5.41, 5.74) is 3.44. The van der Waals surface area contributed by atoms with Crippen molar-refractivity contribution in [3.05, 3.63) is 52.5 Å². The van der Waals surface area contributed by atoms with Crippen molar-refractivity contribution in [2.24, 2.45) is 0 Å². The Morgan fingerprint density at radius 3 is 2.61 bits per heavy atom. The summed E-state index contributed by atoms with van der Waals surface area (Å²) in [6.45, 7) is 6.38. The van der Waals surface area contributed by atoms with Crippen LogP contribution in [0.5, 0.6) is 5.75 Å². The van der Waals surface area contributed by atoms with Crippen molar-refractivity contribution in [3.8, 4) is 5.75 Å². The molecular weight excluding hydrogens is 312 g/mol. The average molecular weight is 333 g/mol. The van der Waals surface area contributed by atoms with Crippen molar-refractivity contribution in [3.63, 3.8) is 0 Å². The molecule has 0 unspecified atom stereocenters. The number of ether oxygens (including phenoxy) is 1. The molecule has 0 heterocycles. The smallest absolute Gasteiger partial charge is 0.326 e. The van der Waals surface area contributed by atoms with Crippen molar-refractivity contribution in [1.82, 2.24) is 0 Å². The first kappa shape index (κ1) is 17.2. The number of carbonyl (C=O) groups excluding carboxylic acids is 1. The van der Waals surface area contributed by atoms with Gasteiger partial charge in [0, 0.05) is 23.3 Å². The monoisotopic (exact) mass is 332 g/mol. The van der Waals surface area contributed by atoms with Crippen LogP contribution < -0.4 is 15.0 Å². The number of nitrogens with one attached hydrogen (secondary N) is 1. The fourth-order valence-corrected chi connectivity index (χ4v) is 2.51. The Balaban J connectivity index is 2.28. The van der Waals surface area contributed by atoms with Gasteiger partial charge in [0.2, 0.25) is 0 Å². The number of hydrogen-bond acceptors (Lipinski definition) is 2. The first-order valence-corrected chi connectivity index (χ1v) is 7.83. The molecule has 2 aromatic rings.